The molecule has 0 fully saturated rings. The van der Waals surface area contributed by atoms with Gasteiger partial charge in [0.15, 0.2) is 6.10 Å². The van der Waals surface area contributed by atoms with Gasteiger partial charge >= 0.3 is 17.9 Å². The van der Waals surface area contributed by atoms with Crippen LogP contribution in [0.4, 0.5) is 0 Å². The van der Waals surface area contributed by atoms with Crippen molar-refractivity contribution in [3.05, 3.63) is 85.1 Å². The van der Waals surface area contributed by atoms with Crippen LogP contribution in [0.25, 0.3) is 0 Å². The first kappa shape index (κ1) is 61.6. The third kappa shape index (κ3) is 51.4. The summed E-state index contributed by atoms with van der Waals surface area (Å²) >= 11 is 0. The van der Waals surface area contributed by atoms with Gasteiger partial charge in [-0.15, -0.1) is 0 Å². The monoisotopic (exact) mass is 905 g/mol. The lowest BCUT2D eigenvalue weighted by Gasteiger charge is -2.18. The van der Waals surface area contributed by atoms with E-state index in [0.717, 1.165) is 109 Å². The average Bonchev–Trinajstić information content (AvgIpc) is 3.30. The molecule has 0 amide bonds. The van der Waals surface area contributed by atoms with Gasteiger partial charge in [-0.05, 0) is 96.3 Å². The number of allylic oxidation sites excluding steroid dienone is 14. The summed E-state index contributed by atoms with van der Waals surface area (Å²) in [5, 5.41) is 0. The Balaban J connectivity index is 4.44. The highest BCUT2D eigenvalue weighted by Crippen LogP contribution is 2.14. The first-order chi connectivity index (χ1) is 32.0. The molecule has 0 aliphatic rings. The molecule has 0 N–H and O–H groups in total. The van der Waals surface area contributed by atoms with Crippen molar-refractivity contribution in [2.45, 2.75) is 258 Å². The molecule has 0 spiro atoms. The summed E-state index contributed by atoms with van der Waals surface area (Å²) in [6.45, 7) is 6.47. The van der Waals surface area contributed by atoms with E-state index in [9.17, 15) is 14.4 Å². The fourth-order valence-corrected chi connectivity index (χ4v) is 7.32. The molecule has 0 aromatic carbocycles. The van der Waals surface area contributed by atoms with Gasteiger partial charge in [0, 0.05) is 19.3 Å². The minimum absolute atomic E-state index is 0.0923. The Kier molecular flexibility index (Phi) is 50.4. The van der Waals surface area contributed by atoms with Crippen LogP contribution in [0.15, 0.2) is 85.1 Å². The first-order valence-corrected chi connectivity index (χ1v) is 27.1. The molecule has 0 aliphatic carbocycles. The highest BCUT2D eigenvalue weighted by molar-refractivity contribution is 5.71. The largest absolute Gasteiger partial charge is 0.462 e. The van der Waals surface area contributed by atoms with E-state index < -0.39 is 6.10 Å². The van der Waals surface area contributed by atoms with Crippen LogP contribution in [0, 0.1) is 0 Å². The van der Waals surface area contributed by atoms with Crippen molar-refractivity contribution in [1.82, 2.24) is 0 Å². The van der Waals surface area contributed by atoms with Crippen molar-refractivity contribution in [3.63, 3.8) is 0 Å². The van der Waals surface area contributed by atoms with Crippen LogP contribution >= 0.6 is 0 Å². The molecule has 0 radical (unpaired) electrons. The summed E-state index contributed by atoms with van der Waals surface area (Å²) < 4.78 is 16.8. The van der Waals surface area contributed by atoms with Crippen molar-refractivity contribution >= 4 is 17.9 Å². The maximum absolute atomic E-state index is 12.8. The van der Waals surface area contributed by atoms with Gasteiger partial charge < -0.3 is 14.2 Å². The molecule has 1 unspecified atom stereocenters. The first-order valence-electron chi connectivity index (χ1n) is 27.1. The number of hydrogen-bond donors (Lipinski definition) is 0. The van der Waals surface area contributed by atoms with Crippen LogP contribution in [0.5, 0.6) is 0 Å². The molecular formula is C59H100O6. The molecule has 0 heterocycles. The molecule has 372 valence electrons. The SMILES string of the molecule is CC/C=C\C/C=C\C/C=C\C/C=C\C/C=C\C/C=C\CCCCC(=O)OCC(COC(=O)CCCCCCCCCCCCC)OC(=O)CCCCCCC/C=C\CCCCCCCC. The molecule has 0 saturated carbocycles. The molecule has 0 rings (SSSR count). The third-order valence-electron chi connectivity index (χ3n) is 11.4. The molecule has 0 saturated heterocycles. The summed E-state index contributed by atoms with van der Waals surface area (Å²) in [5.41, 5.74) is 0. The third-order valence-corrected chi connectivity index (χ3v) is 11.4. The number of carbonyl (C=O) groups is 3. The van der Waals surface area contributed by atoms with Crippen molar-refractivity contribution < 1.29 is 28.6 Å². The van der Waals surface area contributed by atoms with Crippen molar-refractivity contribution in [3.8, 4) is 0 Å². The Bertz CT molecular complexity index is 1270. The standard InChI is InChI=1S/C59H100O6/c1-4-7-10-13-16-19-22-24-26-27-28-29-30-31-33-34-37-40-43-46-49-52-58(61)64-55-56(54-63-57(60)51-48-45-42-39-36-21-18-15-12-9-6-3)65-59(62)53-50-47-44-41-38-35-32-25-23-20-17-14-11-8-5-2/h7,10,16,19,24-26,28-29,31-33,37,40,56H,4-6,8-9,11-15,17-18,20-23,27,30,34-36,38-39,41-55H2,1-3H3/b10-7-,19-16-,26-24-,29-28-,32-25-,33-31-,40-37-. The zero-order valence-corrected chi connectivity index (χ0v) is 42.5. The van der Waals surface area contributed by atoms with Gasteiger partial charge in [0.25, 0.3) is 0 Å². The summed E-state index contributed by atoms with van der Waals surface area (Å²) in [4.78, 5) is 38.0. The van der Waals surface area contributed by atoms with Crippen molar-refractivity contribution in [2.24, 2.45) is 0 Å². The number of esters is 3. The number of carbonyl (C=O) groups excluding carboxylic acids is 3. The number of hydrogen-bond acceptors (Lipinski definition) is 6. The zero-order chi connectivity index (χ0) is 47.2. The molecule has 0 aliphatic heterocycles. The van der Waals surface area contributed by atoms with E-state index in [1.54, 1.807) is 0 Å². The van der Waals surface area contributed by atoms with Crippen LogP contribution in [0.1, 0.15) is 252 Å². The van der Waals surface area contributed by atoms with Crippen LogP contribution in [-0.4, -0.2) is 37.2 Å². The lowest BCUT2D eigenvalue weighted by Crippen LogP contribution is -2.30. The average molecular weight is 905 g/mol. The molecule has 6 nitrogen and oxygen atoms in total. The summed E-state index contributed by atoms with van der Waals surface area (Å²) in [7, 11) is 0. The number of ether oxygens (including phenoxy) is 3. The quantitative estimate of drug-likeness (QED) is 0.0262. The van der Waals surface area contributed by atoms with Crippen LogP contribution in [-0.2, 0) is 28.6 Å². The topological polar surface area (TPSA) is 78.9 Å². The van der Waals surface area contributed by atoms with E-state index in [0.29, 0.717) is 19.3 Å². The van der Waals surface area contributed by atoms with E-state index in [4.69, 9.17) is 14.2 Å². The number of rotatable bonds is 48. The van der Waals surface area contributed by atoms with E-state index in [-0.39, 0.29) is 31.1 Å². The lowest BCUT2D eigenvalue weighted by atomic mass is 10.1. The fourth-order valence-electron chi connectivity index (χ4n) is 7.32. The number of unbranched alkanes of at least 4 members (excludes halogenated alkanes) is 23. The molecule has 0 bridgehead atoms. The maximum atomic E-state index is 12.8. The van der Waals surface area contributed by atoms with Gasteiger partial charge in [0.05, 0.1) is 0 Å². The predicted octanol–water partition coefficient (Wildman–Crippen LogP) is 18.0. The molecule has 6 heteroatoms. The van der Waals surface area contributed by atoms with Crippen LogP contribution in [0.2, 0.25) is 0 Å². The lowest BCUT2D eigenvalue weighted by molar-refractivity contribution is -0.167. The van der Waals surface area contributed by atoms with E-state index in [2.05, 4.69) is 106 Å². The molecular weight excluding hydrogens is 805 g/mol. The van der Waals surface area contributed by atoms with Crippen molar-refractivity contribution in [1.29, 1.82) is 0 Å². The molecule has 0 aromatic heterocycles. The van der Waals surface area contributed by atoms with E-state index >= 15 is 0 Å². The highest BCUT2D eigenvalue weighted by atomic mass is 16.6. The predicted molar refractivity (Wildman–Crippen MR) is 279 cm³/mol. The Morgan fingerprint density at radius 1 is 0.323 bits per heavy atom. The molecule has 1 atom stereocenters. The summed E-state index contributed by atoms with van der Waals surface area (Å²) in [6, 6.07) is 0. The molecule has 65 heavy (non-hydrogen) atoms. The van der Waals surface area contributed by atoms with Gasteiger partial charge in [-0.1, -0.05) is 221 Å². The Morgan fingerprint density at radius 2 is 0.600 bits per heavy atom. The second-order valence-electron chi connectivity index (χ2n) is 17.8. The van der Waals surface area contributed by atoms with Crippen LogP contribution in [0.3, 0.4) is 0 Å². The van der Waals surface area contributed by atoms with Gasteiger partial charge in [0.1, 0.15) is 13.2 Å². The Hall–Kier alpha value is -3.41. The van der Waals surface area contributed by atoms with Gasteiger partial charge in [0.2, 0.25) is 0 Å². The second kappa shape index (κ2) is 53.2. The smallest absolute Gasteiger partial charge is 0.306 e. The maximum Gasteiger partial charge on any atom is 0.306 e. The Morgan fingerprint density at radius 3 is 0.985 bits per heavy atom. The zero-order valence-electron chi connectivity index (χ0n) is 42.5. The minimum atomic E-state index is -0.797. The summed E-state index contributed by atoms with van der Waals surface area (Å²) in [6.07, 6.45) is 68.5. The van der Waals surface area contributed by atoms with Gasteiger partial charge in [-0.2, -0.15) is 0 Å². The van der Waals surface area contributed by atoms with E-state index in [1.807, 2.05) is 0 Å². The summed E-state index contributed by atoms with van der Waals surface area (Å²) in [5.74, 6) is -0.945. The fraction of sp³-hybridized carbons (Fsp3) is 0.712. The Labute approximate surface area is 401 Å². The van der Waals surface area contributed by atoms with Gasteiger partial charge in [-0.3, -0.25) is 14.4 Å². The van der Waals surface area contributed by atoms with Crippen molar-refractivity contribution in [2.75, 3.05) is 13.2 Å². The molecule has 0 aromatic rings. The van der Waals surface area contributed by atoms with E-state index in [1.165, 1.54) is 103 Å². The van der Waals surface area contributed by atoms with Crippen LogP contribution < -0.4 is 0 Å². The second-order valence-corrected chi connectivity index (χ2v) is 17.8. The van der Waals surface area contributed by atoms with Gasteiger partial charge in [-0.25, -0.2) is 0 Å². The normalized spacial score (nSPS) is 12.7. The highest BCUT2D eigenvalue weighted by Gasteiger charge is 2.19. The minimum Gasteiger partial charge on any atom is -0.462 e.